The van der Waals surface area contributed by atoms with E-state index in [0.29, 0.717) is 18.7 Å². The summed E-state index contributed by atoms with van der Waals surface area (Å²) in [6.45, 7) is 5.50. The van der Waals surface area contributed by atoms with Gasteiger partial charge in [-0.2, -0.15) is 17.9 Å². The van der Waals surface area contributed by atoms with Crippen LogP contribution in [0.1, 0.15) is 55.4 Å². The van der Waals surface area contributed by atoms with E-state index in [-0.39, 0.29) is 28.8 Å². The van der Waals surface area contributed by atoms with E-state index in [1.54, 1.807) is 13.8 Å². The Morgan fingerprint density at radius 1 is 1.20 bits per heavy atom. The Bertz CT molecular complexity index is 1280. The minimum Gasteiger partial charge on any atom is -0.490 e. The van der Waals surface area contributed by atoms with Crippen molar-refractivity contribution < 1.29 is 27.1 Å². The fraction of sp³-hybridized carbons (Fsp3) is 0.375. The number of nitrogens with zero attached hydrogens (tertiary/aromatic N) is 3. The van der Waals surface area contributed by atoms with Crippen molar-refractivity contribution in [1.29, 1.82) is 0 Å². The molecule has 1 amide bonds. The maximum Gasteiger partial charge on any atom is 0.416 e. The number of hydrogen-bond acceptors (Lipinski definition) is 4. The first kappa shape index (κ1) is 26.0. The normalized spacial score (nSPS) is 12.5. The topological polar surface area (TPSA) is 78.2 Å². The van der Waals surface area contributed by atoms with Crippen LogP contribution in [-0.4, -0.2) is 26.4 Å². The molecule has 0 saturated carbocycles. The largest absolute Gasteiger partial charge is 0.490 e. The number of alkyl halides is 3. The van der Waals surface area contributed by atoms with Crippen LogP contribution < -0.4 is 15.7 Å². The van der Waals surface area contributed by atoms with E-state index >= 15 is 4.39 Å². The van der Waals surface area contributed by atoms with E-state index in [9.17, 15) is 22.8 Å². The second-order valence-corrected chi connectivity index (χ2v) is 8.07. The summed E-state index contributed by atoms with van der Waals surface area (Å²) >= 11 is 0. The summed E-state index contributed by atoms with van der Waals surface area (Å²) in [5, 5.41) is 6.52. The van der Waals surface area contributed by atoms with Crippen LogP contribution in [0.4, 0.5) is 23.2 Å². The number of aromatic nitrogens is 3. The quantitative estimate of drug-likeness (QED) is 0.442. The van der Waals surface area contributed by atoms with Gasteiger partial charge in [-0.05, 0) is 37.6 Å². The number of anilines is 1. The van der Waals surface area contributed by atoms with E-state index in [0.717, 1.165) is 35.4 Å². The van der Waals surface area contributed by atoms with Crippen LogP contribution in [0.5, 0.6) is 5.75 Å². The van der Waals surface area contributed by atoms with Crippen molar-refractivity contribution in [3.63, 3.8) is 0 Å². The molecule has 1 atom stereocenters. The van der Waals surface area contributed by atoms with Gasteiger partial charge in [-0.25, -0.2) is 9.18 Å². The molecule has 1 unspecified atom stereocenters. The predicted octanol–water partition coefficient (Wildman–Crippen LogP) is 5.11. The van der Waals surface area contributed by atoms with E-state index < -0.39 is 29.2 Å². The van der Waals surface area contributed by atoms with Crippen molar-refractivity contribution in [2.24, 2.45) is 7.05 Å². The summed E-state index contributed by atoms with van der Waals surface area (Å²) in [6, 6.07) is 6.19. The zero-order chi connectivity index (χ0) is 25.9. The van der Waals surface area contributed by atoms with Crippen LogP contribution in [-0.2, 0) is 19.6 Å². The molecule has 0 fully saturated rings. The third kappa shape index (κ3) is 5.72. The number of carbonyl (C=O) groups is 1. The molecular formula is C24H26F4N4O3. The molecule has 11 heteroatoms. The van der Waals surface area contributed by atoms with Crippen molar-refractivity contribution in [3.05, 3.63) is 69.7 Å². The summed E-state index contributed by atoms with van der Waals surface area (Å²) in [5.41, 5.74) is -2.07. The highest BCUT2D eigenvalue weighted by Crippen LogP contribution is 2.32. The third-order valence-corrected chi connectivity index (χ3v) is 5.38. The number of carbonyl (C=O) groups excluding carboxylic acids is 1. The summed E-state index contributed by atoms with van der Waals surface area (Å²) in [5.74, 6) is -1.38. The lowest BCUT2D eigenvalue weighted by molar-refractivity contribution is -0.137. The molecule has 7 nitrogen and oxygen atoms in total. The van der Waals surface area contributed by atoms with Gasteiger partial charge in [0.25, 0.3) is 5.91 Å². The van der Waals surface area contributed by atoms with Gasteiger partial charge in [-0.15, -0.1) is 5.10 Å². The van der Waals surface area contributed by atoms with Gasteiger partial charge < -0.3 is 10.1 Å². The Morgan fingerprint density at radius 2 is 1.91 bits per heavy atom. The van der Waals surface area contributed by atoms with Gasteiger partial charge in [0.15, 0.2) is 0 Å². The first-order valence-electron chi connectivity index (χ1n) is 11.1. The van der Waals surface area contributed by atoms with Gasteiger partial charge in [-0.3, -0.25) is 9.36 Å². The van der Waals surface area contributed by atoms with Gasteiger partial charge in [0.05, 0.1) is 17.2 Å². The van der Waals surface area contributed by atoms with Crippen molar-refractivity contribution in [1.82, 2.24) is 14.3 Å². The molecule has 1 aromatic heterocycles. The predicted molar refractivity (Wildman–Crippen MR) is 123 cm³/mol. The molecule has 35 heavy (non-hydrogen) atoms. The number of rotatable bonds is 8. The molecule has 0 aliphatic carbocycles. The summed E-state index contributed by atoms with van der Waals surface area (Å²) in [6.07, 6.45) is -3.10. The number of aryl methyl sites for hydroxylation is 1. The van der Waals surface area contributed by atoms with Crippen LogP contribution >= 0.6 is 0 Å². The number of nitrogens with one attached hydrogen (secondary N) is 1. The first-order chi connectivity index (χ1) is 16.5. The van der Waals surface area contributed by atoms with Crippen molar-refractivity contribution in [3.8, 4) is 11.4 Å². The molecular weight excluding hydrogens is 468 g/mol. The lowest BCUT2D eigenvalue weighted by atomic mass is 10.1. The molecule has 1 N–H and O–H groups in total. The summed E-state index contributed by atoms with van der Waals surface area (Å²) in [4.78, 5) is 25.6. The second-order valence-electron chi connectivity index (χ2n) is 8.07. The summed E-state index contributed by atoms with van der Waals surface area (Å²) < 4.78 is 62.3. The van der Waals surface area contributed by atoms with Crippen LogP contribution in [0, 0.1) is 5.82 Å². The Hall–Kier alpha value is -3.63. The fourth-order valence-electron chi connectivity index (χ4n) is 3.58. The zero-order valence-electron chi connectivity index (χ0n) is 19.7. The van der Waals surface area contributed by atoms with Crippen molar-refractivity contribution >= 4 is 11.6 Å². The monoisotopic (exact) mass is 494 g/mol. The average Bonchev–Trinajstić information content (AvgIpc) is 3.08. The van der Waals surface area contributed by atoms with Crippen LogP contribution in [0.25, 0.3) is 5.69 Å². The third-order valence-electron chi connectivity index (χ3n) is 5.38. The van der Waals surface area contributed by atoms with E-state index in [2.05, 4.69) is 10.4 Å². The van der Waals surface area contributed by atoms with Gasteiger partial charge >= 0.3 is 11.9 Å². The van der Waals surface area contributed by atoms with Crippen molar-refractivity contribution in [2.45, 2.75) is 52.3 Å². The minimum absolute atomic E-state index is 0.0255. The number of amides is 1. The fourth-order valence-corrected chi connectivity index (χ4v) is 3.58. The average molecular weight is 494 g/mol. The lowest BCUT2D eigenvalue weighted by Crippen LogP contribution is -2.24. The number of ether oxygens (including phenoxy) is 1. The molecule has 0 spiro atoms. The van der Waals surface area contributed by atoms with E-state index in [4.69, 9.17) is 4.74 Å². The number of halogens is 4. The molecule has 0 radical (unpaired) electrons. The molecule has 3 aromatic rings. The van der Waals surface area contributed by atoms with Crippen LogP contribution in [0.15, 0.2) is 41.2 Å². The van der Waals surface area contributed by atoms with Crippen LogP contribution in [0.3, 0.4) is 0 Å². The zero-order valence-corrected chi connectivity index (χ0v) is 19.7. The first-order valence-corrected chi connectivity index (χ1v) is 11.1. The Labute approximate surface area is 199 Å². The highest BCUT2D eigenvalue weighted by Gasteiger charge is 2.30. The highest BCUT2D eigenvalue weighted by atomic mass is 19.4. The number of benzene rings is 2. The van der Waals surface area contributed by atoms with E-state index in [1.807, 2.05) is 6.92 Å². The SMILES string of the molecule is CCCC(C)Oc1cc(-n2nc(CC)n(C)c2=O)c(F)cc1C(=O)Nc1cccc(C(F)(F)F)c1. The smallest absolute Gasteiger partial charge is 0.416 e. The molecule has 0 aliphatic rings. The van der Waals surface area contributed by atoms with Gasteiger partial charge in [-0.1, -0.05) is 26.3 Å². The molecule has 188 valence electrons. The van der Waals surface area contributed by atoms with E-state index in [1.165, 1.54) is 23.7 Å². The standard InChI is InChI=1S/C24H26F4N4O3/c1-5-8-14(3)35-20-13-19(32-23(34)31(4)21(6-2)30-32)18(25)12-17(20)22(33)29-16-10-7-9-15(11-16)24(26,27)28/h7,9-14H,5-6,8H2,1-4H3,(H,29,33). The Kier molecular flexibility index (Phi) is 7.67. The maximum atomic E-state index is 15.2. The molecule has 2 aromatic carbocycles. The molecule has 1 heterocycles. The second kappa shape index (κ2) is 10.3. The summed E-state index contributed by atoms with van der Waals surface area (Å²) in [7, 11) is 1.51. The lowest BCUT2D eigenvalue weighted by Gasteiger charge is -2.18. The Balaban J connectivity index is 2.06. The van der Waals surface area contributed by atoms with Gasteiger partial charge in [0, 0.05) is 25.2 Å². The van der Waals surface area contributed by atoms with Crippen LogP contribution in [0.2, 0.25) is 0 Å². The highest BCUT2D eigenvalue weighted by molar-refractivity contribution is 6.06. The van der Waals surface area contributed by atoms with Crippen molar-refractivity contribution in [2.75, 3.05) is 5.32 Å². The number of hydrogen-bond donors (Lipinski definition) is 1. The minimum atomic E-state index is -4.59. The molecule has 0 bridgehead atoms. The maximum absolute atomic E-state index is 15.2. The molecule has 0 saturated heterocycles. The van der Waals surface area contributed by atoms with Gasteiger partial charge in [0.2, 0.25) is 0 Å². The Morgan fingerprint density at radius 3 is 2.51 bits per heavy atom. The molecule has 3 rings (SSSR count). The van der Waals surface area contributed by atoms with Gasteiger partial charge in [0.1, 0.15) is 23.1 Å². The molecule has 0 aliphatic heterocycles.